The average molecular weight is 381 g/mol. The van der Waals surface area contributed by atoms with E-state index in [-0.39, 0.29) is 0 Å². The third kappa shape index (κ3) is 2.71. The van der Waals surface area contributed by atoms with Gasteiger partial charge in [-0.25, -0.2) is 0 Å². The van der Waals surface area contributed by atoms with E-state index in [1.165, 1.54) is 30.5 Å². The van der Waals surface area contributed by atoms with Crippen LogP contribution < -0.4 is 0 Å². The van der Waals surface area contributed by atoms with E-state index < -0.39 is 0 Å². The largest absolute Gasteiger partial charge is 0.260 e. The highest BCUT2D eigenvalue weighted by Gasteiger charge is 2.30. The summed E-state index contributed by atoms with van der Waals surface area (Å²) in [6, 6.07) is 21.5. The molecule has 1 saturated carbocycles. The quantitative estimate of drug-likeness (QED) is 0.518. The Hall–Kier alpha value is -1.87. The molecule has 1 fully saturated rings. The minimum Gasteiger partial charge on any atom is -0.260 e. The predicted octanol–water partition coefficient (Wildman–Crippen LogP) is 6.34. The zero-order valence-corrected chi connectivity index (χ0v) is 15.4. The van der Waals surface area contributed by atoms with Crippen LogP contribution in [-0.4, -0.2) is 9.78 Å². The predicted molar refractivity (Wildman–Crippen MR) is 103 cm³/mol. The van der Waals surface area contributed by atoms with E-state index in [1.54, 1.807) is 0 Å². The summed E-state index contributed by atoms with van der Waals surface area (Å²) in [5.41, 5.74) is 4.62. The third-order valence-electron chi connectivity index (χ3n) is 5.08. The van der Waals surface area contributed by atoms with Crippen molar-refractivity contribution in [2.45, 2.75) is 32.2 Å². The molecule has 0 saturated heterocycles. The fourth-order valence-corrected chi connectivity index (χ4v) is 4.50. The van der Waals surface area contributed by atoms with Crippen molar-refractivity contribution in [2.75, 3.05) is 0 Å². The van der Waals surface area contributed by atoms with E-state index in [2.05, 4.69) is 82.1 Å². The Morgan fingerprint density at radius 3 is 2.12 bits per heavy atom. The van der Waals surface area contributed by atoms with E-state index in [0.717, 1.165) is 15.7 Å². The van der Waals surface area contributed by atoms with Gasteiger partial charge in [0.25, 0.3) is 0 Å². The summed E-state index contributed by atoms with van der Waals surface area (Å²) in [6.45, 7) is 2.35. The van der Waals surface area contributed by atoms with Gasteiger partial charge in [0, 0.05) is 11.1 Å². The molecule has 2 aromatic carbocycles. The lowest BCUT2D eigenvalue weighted by Gasteiger charge is -2.19. The number of rotatable bonds is 3. The summed E-state index contributed by atoms with van der Waals surface area (Å²) < 4.78 is 3.37. The van der Waals surface area contributed by atoms with Crippen LogP contribution in [0.25, 0.3) is 22.5 Å². The SMILES string of the molecule is CC1CCCC1n1nc(-c2ccccc2)c(Br)c1-c1ccccc1. The van der Waals surface area contributed by atoms with E-state index in [0.29, 0.717) is 12.0 Å². The second-order valence-electron chi connectivity index (χ2n) is 6.66. The molecule has 0 spiro atoms. The topological polar surface area (TPSA) is 17.8 Å². The summed E-state index contributed by atoms with van der Waals surface area (Å²) in [4.78, 5) is 0. The first-order chi connectivity index (χ1) is 11.8. The number of benzene rings is 2. The lowest BCUT2D eigenvalue weighted by atomic mass is 10.0. The molecule has 0 radical (unpaired) electrons. The zero-order chi connectivity index (χ0) is 16.5. The first kappa shape index (κ1) is 15.6. The number of hydrogen-bond acceptors (Lipinski definition) is 1. The molecule has 3 heteroatoms. The van der Waals surface area contributed by atoms with Gasteiger partial charge in [0.15, 0.2) is 0 Å². The van der Waals surface area contributed by atoms with Crippen LogP contribution in [0.2, 0.25) is 0 Å². The second-order valence-corrected chi connectivity index (χ2v) is 7.46. The van der Waals surface area contributed by atoms with E-state index >= 15 is 0 Å². The minimum absolute atomic E-state index is 0.481. The van der Waals surface area contributed by atoms with Gasteiger partial charge in [0.2, 0.25) is 0 Å². The molecule has 24 heavy (non-hydrogen) atoms. The van der Waals surface area contributed by atoms with Crippen LogP contribution in [0.15, 0.2) is 65.1 Å². The van der Waals surface area contributed by atoms with Crippen molar-refractivity contribution in [3.8, 4) is 22.5 Å². The Morgan fingerprint density at radius 1 is 0.917 bits per heavy atom. The van der Waals surface area contributed by atoms with Crippen molar-refractivity contribution in [3.63, 3.8) is 0 Å². The average Bonchev–Trinajstić information content (AvgIpc) is 3.19. The van der Waals surface area contributed by atoms with Crippen molar-refractivity contribution in [2.24, 2.45) is 5.92 Å². The summed E-state index contributed by atoms with van der Waals surface area (Å²) in [5, 5.41) is 5.06. The van der Waals surface area contributed by atoms with Crippen molar-refractivity contribution < 1.29 is 0 Å². The van der Waals surface area contributed by atoms with Crippen LogP contribution in [0, 0.1) is 5.92 Å². The smallest absolute Gasteiger partial charge is 0.107 e. The molecular formula is C21H21BrN2. The molecule has 4 rings (SSSR count). The highest BCUT2D eigenvalue weighted by Crippen LogP contribution is 2.43. The van der Waals surface area contributed by atoms with Crippen molar-refractivity contribution >= 4 is 15.9 Å². The van der Waals surface area contributed by atoms with Gasteiger partial charge >= 0.3 is 0 Å². The number of aromatic nitrogens is 2. The Morgan fingerprint density at radius 2 is 1.54 bits per heavy atom. The monoisotopic (exact) mass is 380 g/mol. The first-order valence-corrected chi connectivity index (χ1v) is 9.44. The van der Waals surface area contributed by atoms with Crippen molar-refractivity contribution in [1.82, 2.24) is 9.78 Å². The lowest BCUT2D eigenvalue weighted by molar-refractivity contribution is 0.379. The fraction of sp³-hybridized carbons (Fsp3) is 0.286. The third-order valence-corrected chi connectivity index (χ3v) is 5.83. The Balaban J connectivity index is 1.91. The maximum absolute atomic E-state index is 5.06. The summed E-state index contributed by atoms with van der Waals surface area (Å²) in [5.74, 6) is 0.669. The molecule has 2 nitrogen and oxygen atoms in total. The van der Waals surface area contributed by atoms with E-state index in [4.69, 9.17) is 5.10 Å². The molecular weight excluding hydrogens is 360 g/mol. The molecule has 0 amide bonds. The van der Waals surface area contributed by atoms with Crippen LogP contribution in [0.4, 0.5) is 0 Å². The molecule has 2 atom stereocenters. The highest BCUT2D eigenvalue weighted by molar-refractivity contribution is 9.10. The van der Waals surface area contributed by atoms with Gasteiger partial charge in [-0.1, -0.05) is 74.0 Å². The number of nitrogens with zero attached hydrogens (tertiary/aromatic N) is 2. The van der Waals surface area contributed by atoms with E-state index in [9.17, 15) is 0 Å². The fourth-order valence-electron chi connectivity index (χ4n) is 3.78. The standard InChI is InChI=1S/C21H21BrN2/c1-15-9-8-14-18(15)24-21(17-12-6-3-7-13-17)19(22)20(23-24)16-10-4-2-5-11-16/h2-7,10-13,15,18H,8-9,14H2,1H3. The highest BCUT2D eigenvalue weighted by atomic mass is 79.9. The van der Waals surface area contributed by atoms with E-state index in [1.807, 2.05) is 6.07 Å². The molecule has 0 N–H and O–H groups in total. The maximum atomic E-state index is 5.06. The summed E-state index contributed by atoms with van der Waals surface area (Å²) in [7, 11) is 0. The van der Waals surface area contributed by atoms with Gasteiger partial charge in [-0.2, -0.15) is 5.10 Å². The molecule has 0 bridgehead atoms. The van der Waals surface area contributed by atoms with Gasteiger partial charge in [0.05, 0.1) is 16.2 Å². The van der Waals surface area contributed by atoms with Gasteiger partial charge in [-0.15, -0.1) is 0 Å². The normalized spacial score (nSPS) is 20.4. The Kier molecular flexibility index (Phi) is 4.28. The molecule has 1 heterocycles. The van der Waals surface area contributed by atoms with Crippen LogP contribution in [-0.2, 0) is 0 Å². The minimum atomic E-state index is 0.481. The number of halogens is 1. The Bertz CT molecular complexity index is 824. The molecule has 1 aliphatic rings. The first-order valence-electron chi connectivity index (χ1n) is 8.64. The van der Waals surface area contributed by atoms with Crippen molar-refractivity contribution in [3.05, 3.63) is 65.1 Å². The molecule has 0 aliphatic heterocycles. The Labute approximate surface area is 151 Å². The summed E-state index contributed by atoms with van der Waals surface area (Å²) in [6.07, 6.45) is 3.79. The van der Waals surface area contributed by atoms with Crippen molar-refractivity contribution in [1.29, 1.82) is 0 Å². The maximum Gasteiger partial charge on any atom is 0.107 e. The van der Waals surface area contributed by atoms with Crippen LogP contribution in [0.5, 0.6) is 0 Å². The summed E-state index contributed by atoms with van der Waals surface area (Å²) >= 11 is 3.86. The molecule has 122 valence electrons. The van der Waals surface area contributed by atoms with Crippen LogP contribution in [0.3, 0.4) is 0 Å². The zero-order valence-electron chi connectivity index (χ0n) is 13.8. The van der Waals surface area contributed by atoms with Gasteiger partial charge in [-0.05, 0) is 34.7 Å². The molecule has 1 aromatic heterocycles. The molecule has 1 aliphatic carbocycles. The lowest BCUT2D eigenvalue weighted by Crippen LogP contribution is -2.14. The second kappa shape index (κ2) is 6.56. The van der Waals surface area contributed by atoms with Gasteiger partial charge in [-0.3, -0.25) is 4.68 Å². The van der Waals surface area contributed by atoms with Crippen LogP contribution in [0.1, 0.15) is 32.2 Å². The van der Waals surface area contributed by atoms with Crippen LogP contribution >= 0.6 is 15.9 Å². The van der Waals surface area contributed by atoms with Gasteiger partial charge in [0.1, 0.15) is 5.69 Å². The van der Waals surface area contributed by atoms with Gasteiger partial charge < -0.3 is 0 Å². The molecule has 3 aromatic rings. The molecule has 2 unspecified atom stereocenters. The number of hydrogen-bond donors (Lipinski definition) is 0.